The Balaban J connectivity index is 1.63. The first-order valence-corrected chi connectivity index (χ1v) is 9.78. The van der Waals surface area contributed by atoms with Crippen molar-refractivity contribution in [1.29, 1.82) is 0 Å². The van der Waals surface area contributed by atoms with Gasteiger partial charge >= 0.3 is 0 Å². The molecule has 0 atom stereocenters. The Morgan fingerprint density at radius 2 is 1.63 bits per heavy atom. The van der Waals surface area contributed by atoms with Crippen LogP contribution in [0.5, 0.6) is 0 Å². The highest BCUT2D eigenvalue weighted by Gasteiger charge is 2.14. The Bertz CT molecular complexity index is 1210. The van der Waals surface area contributed by atoms with Crippen LogP contribution in [0.4, 0.5) is 5.69 Å². The van der Waals surface area contributed by atoms with Crippen molar-refractivity contribution in [2.45, 2.75) is 18.7 Å². The van der Waals surface area contributed by atoms with Crippen molar-refractivity contribution in [3.63, 3.8) is 0 Å². The van der Waals surface area contributed by atoms with Crippen molar-refractivity contribution in [3.8, 4) is 11.3 Å². The predicted octanol–water partition coefficient (Wildman–Crippen LogP) is 3.44. The van der Waals surface area contributed by atoms with Gasteiger partial charge in [0.15, 0.2) is 5.65 Å². The third kappa shape index (κ3) is 3.39. The molecule has 4 rings (SSSR count). The van der Waals surface area contributed by atoms with E-state index in [1.165, 1.54) is 6.33 Å². The number of hydrogen-bond acceptors (Lipinski definition) is 5. The number of hydrogen-bond donors (Lipinski definition) is 2. The summed E-state index contributed by atoms with van der Waals surface area (Å²) in [5.41, 5.74) is 4.39. The minimum Gasteiger partial charge on any atom is -0.339 e. The molecule has 136 valence electrons. The van der Waals surface area contributed by atoms with E-state index in [4.69, 9.17) is 0 Å². The van der Waals surface area contributed by atoms with E-state index in [1.54, 1.807) is 36.4 Å². The van der Waals surface area contributed by atoms with Crippen LogP contribution in [-0.2, 0) is 10.0 Å². The van der Waals surface area contributed by atoms with Gasteiger partial charge in [-0.1, -0.05) is 29.8 Å². The molecule has 0 saturated heterocycles. The average molecular weight is 379 g/mol. The highest BCUT2D eigenvalue weighted by molar-refractivity contribution is 7.92. The molecular weight excluding hydrogens is 362 g/mol. The van der Waals surface area contributed by atoms with Gasteiger partial charge in [0.1, 0.15) is 17.7 Å². The number of rotatable bonds is 4. The molecule has 2 heterocycles. The number of nitrogens with one attached hydrogen (secondary N) is 2. The molecule has 0 aliphatic heterocycles. The van der Waals surface area contributed by atoms with Crippen LogP contribution in [0, 0.1) is 13.8 Å². The van der Waals surface area contributed by atoms with Crippen LogP contribution in [0.25, 0.3) is 22.4 Å². The Morgan fingerprint density at radius 3 is 2.33 bits per heavy atom. The molecule has 4 aromatic rings. The number of aryl methyl sites for hydroxylation is 2. The molecule has 2 N–H and O–H groups in total. The monoisotopic (exact) mass is 379 g/mol. The van der Waals surface area contributed by atoms with Crippen LogP contribution in [-0.4, -0.2) is 28.4 Å². The zero-order valence-corrected chi connectivity index (χ0v) is 15.6. The molecular formula is C19H17N5O2S. The first kappa shape index (κ1) is 17.2. The number of sulfonamides is 1. The van der Waals surface area contributed by atoms with Gasteiger partial charge in [0.2, 0.25) is 0 Å². The van der Waals surface area contributed by atoms with Crippen LogP contribution < -0.4 is 4.72 Å². The molecule has 7 nitrogen and oxygen atoms in total. The second kappa shape index (κ2) is 6.48. The number of nitrogens with zero attached hydrogens (tertiary/aromatic N) is 3. The predicted molar refractivity (Wildman–Crippen MR) is 104 cm³/mol. The first-order valence-electron chi connectivity index (χ1n) is 8.30. The van der Waals surface area contributed by atoms with Gasteiger partial charge in [-0.3, -0.25) is 4.72 Å². The number of H-pyrrole nitrogens is 1. The van der Waals surface area contributed by atoms with E-state index in [2.05, 4.69) is 24.7 Å². The summed E-state index contributed by atoms with van der Waals surface area (Å²) in [5.74, 6) is 0.759. The molecule has 0 spiro atoms. The van der Waals surface area contributed by atoms with Gasteiger partial charge in [-0.25, -0.2) is 23.4 Å². The lowest BCUT2D eigenvalue weighted by Gasteiger charge is -2.09. The standard InChI is InChI=1S/C19H17N5O2S/c1-12-3-9-16(10-4-12)27(25,26)24-15-7-5-14(6-8-15)17-18-19(21-11-20-17)23-13(2)22-18/h3-11,24H,1-2H3,(H,20,21,22,23). The maximum absolute atomic E-state index is 12.5. The van der Waals surface area contributed by atoms with Crippen LogP contribution >= 0.6 is 0 Å². The molecule has 0 unspecified atom stereocenters. The highest BCUT2D eigenvalue weighted by Crippen LogP contribution is 2.26. The maximum atomic E-state index is 12.5. The molecule has 0 bridgehead atoms. The lowest BCUT2D eigenvalue weighted by Crippen LogP contribution is -2.12. The van der Waals surface area contributed by atoms with Gasteiger partial charge in [0, 0.05) is 11.3 Å². The van der Waals surface area contributed by atoms with E-state index >= 15 is 0 Å². The average Bonchev–Trinajstić information content (AvgIpc) is 3.02. The summed E-state index contributed by atoms with van der Waals surface area (Å²) in [6.07, 6.45) is 1.46. The van der Waals surface area contributed by atoms with E-state index in [-0.39, 0.29) is 4.90 Å². The summed E-state index contributed by atoms with van der Waals surface area (Å²) in [7, 11) is -3.63. The van der Waals surface area contributed by atoms with E-state index < -0.39 is 10.0 Å². The largest absolute Gasteiger partial charge is 0.339 e. The third-order valence-corrected chi connectivity index (χ3v) is 5.55. The lowest BCUT2D eigenvalue weighted by molar-refractivity contribution is 0.601. The number of anilines is 1. The quantitative estimate of drug-likeness (QED) is 0.566. The summed E-state index contributed by atoms with van der Waals surface area (Å²) in [6, 6.07) is 13.7. The lowest BCUT2D eigenvalue weighted by atomic mass is 10.1. The van der Waals surface area contributed by atoms with Crippen molar-refractivity contribution in [2.75, 3.05) is 4.72 Å². The molecule has 2 aromatic carbocycles. The molecule has 0 saturated carbocycles. The molecule has 2 aromatic heterocycles. The number of aromatic nitrogens is 4. The van der Waals surface area contributed by atoms with Crippen molar-refractivity contribution in [1.82, 2.24) is 19.9 Å². The Kier molecular flexibility index (Phi) is 4.12. The zero-order chi connectivity index (χ0) is 19.0. The second-order valence-corrected chi connectivity index (χ2v) is 7.92. The number of aromatic amines is 1. The van der Waals surface area contributed by atoms with Crippen molar-refractivity contribution in [2.24, 2.45) is 0 Å². The summed E-state index contributed by atoms with van der Waals surface area (Å²) in [5, 5.41) is 0. The van der Waals surface area contributed by atoms with E-state index in [9.17, 15) is 8.42 Å². The van der Waals surface area contributed by atoms with Gasteiger partial charge in [0.05, 0.1) is 10.6 Å². The molecule has 8 heteroatoms. The number of fused-ring (bicyclic) bond motifs is 1. The number of imidazole rings is 1. The first-order chi connectivity index (χ1) is 12.9. The van der Waals surface area contributed by atoms with Gasteiger partial charge in [-0.05, 0) is 38.1 Å². The van der Waals surface area contributed by atoms with Gasteiger partial charge < -0.3 is 4.98 Å². The minimum absolute atomic E-state index is 0.225. The summed E-state index contributed by atoms with van der Waals surface area (Å²) >= 11 is 0. The summed E-state index contributed by atoms with van der Waals surface area (Å²) < 4.78 is 27.6. The Hall–Kier alpha value is -3.26. The fraction of sp³-hybridized carbons (Fsp3) is 0.105. The topological polar surface area (TPSA) is 101 Å². The van der Waals surface area contributed by atoms with Crippen LogP contribution in [0.1, 0.15) is 11.4 Å². The summed E-state index contributed by atoms with van der Waals surface area (Å²) in [6.45, 7) is 3.77. The summed E-state index contributed by atoms with van der Waals surface area (Å²) in [4.78, 5) is 16.2. The van der Waals surface area contributed by atoms with Crippen molar-refractivity contribution >= 4 is 26.9 Å². The Labute approximate surface area is 156 Å². The van der Waals surface area contributed by atoms with Crippen LogP contribution in [0.2, 0.25) is 0 Å². The van der Waals surface area contributed by atoms with Gasteiger partial charge in [0.25, 0.3) is 10.0 Å². The normalized spacial score (nSPS) is 11.6. The second-order valence-electron chi connectivity index (χ2n) is 6.24. The fourth-order valence-corrected chi connectivity index (χ4v) is 3.85. The smallest absolute Gasteiger partial charge is 0.261 e. The van der Waals surface area contributed by atoms with Crippen molar-refractivity contribution in [3.05, 3.63) is 66.2 Å². The maximum Gasteiger partial charge on any atom is 0.261 e. The third-order valence-electron chi connectivity index (χ3n) is 4.15. The molecule has 0 aliphatic carbocycles. The fourth-order valence-electron chi connectivity index (χ4n) is 2.79. The van der Waals surface area contributed by atoms with Crippen LogP contribution in [0.15, 0.2) is 59.8 Å². The zero-order valence-electron chi connectivity index (χ0n) is 14.8. The van der Waals surface area contributed by atoms with Crippen molar-refractivity contribution < 1.29 is 8.42 Å². The molecule has 0 amide bonds. The van der Waals surface area contributed by atoms with E-state index in [0.29, 0.717) is 17.0 Å². The van der Waals surface area contributed by atoms with E-state index in [1.807, 2.05) is 26.0 Å². The van der Waals surface area contributed by atoms with Crippen LogP contribution in [0.3, 0.4) is 0 Å². The SMILES string of the molecule is Cc1ccc(S(=O)(=O)Nc2ccc(-c3ncnc4nc(C)[nH]c34)cc2)cc1. The molecule has 0 fully saturated rings. The Morgan fingerprint density at radius 1 is 0.926 bits per heavy atom. The van der Waals surface area contributed by atoms with Gasteiger partial charge in [-0.15, -0.1) is 0 Å². The molecule has 0 aliphatic rings. The minimum atomic E-state index is -3.63. The van der Waals surface area contributed by atoms with Gasteiger partial charge in [-0.2, -0.15) is 0 Å². The molecule has 27 heavy (non-hydrogen) atoms. The molecule has 0 radical (unpaired) electrons. The van der Waals surface area contributed by atoms with E-state index in [0.717, 1.165) is 22.5 Å². The highest BCUT2D eigenvalue weighted by atomic mass is 32.2. The number of benzene rings is 2.